The third kappa shape index (κ3) is 2.40. The van der Waals surface area contributed by atoms with Gasteiger partial charge in [-0.1, -0.05) is 6.07 Å². The van der Waals surface area contributed by atoms with Crippen LogP contribution < -0.4 is 4.90 Å². The van der Waals surface area contributed by atoms with Gasteiger partial charge in [0, 0.05) is 12.1 Å². The van der Waals surface area contributed by atoms with E-state index in [1.54, 1.807) is 12.1 Å². The Kier molecular flexibility index (Phi) is 2.81. The maximum Gasteiger partial charge on any atom is 0.414 e. The van der Waals surface area contributed by atoms with E-state index in [4.69, 9.17) is 4.74 Å². The SMILES string of the molecule is CC(C)(C)OC(=O)N1CCc2c(F)cccc21. The van der Waals surface area contributed by atoms with Crippen molar-refractivity contribution in [2.24, 2.45) is 0 Å². The van der Waals surface area contributed by atoms with E-state index in [9.17, 15) is 9.18 Å². The summed E-state index contributed by atoms with van der Waals surface area (Å²) in [5, 5.41) is 0. The average Bonchev–Trinajstić information content (AvgIpc) is 2.60. The van der Waals surface area contributed by atoms with Gasteiger partial charge in [0.1, 0.15) is 11.4 Å². The Bertz CT molecular complexity index is 451. The average molecular weight is 237 g/mol. The van der Waals surface area contributed by atoms with Crippen molar-refractivity contribution in [3.05, 3.63) is 29.6 Å². The molecule has 0 saturated heterocycles. The second kappa shape index (κ2) is 4.02. The highest BCUT2D eigenvalue weighted by atomic mass is 19.1. The van der Waals surface area contributed by atoms with Crippen molar-refractivity contribution < 1.29 is 13.9 Å². The molecule has 0 aliphatic carbocycles. The van der Waals surface area contributed by atoms with Crippen LogP contribution in [0.3, 0.4) is 0 Å². The van der Waals surface area contributed by atoms with E-state index < -0.39 is 11.7 Å². The molecule has 4 heteroatoms. The first-order valence-corrected chi connectivity index (χ1v) is 5.66. The first-order chi connectivity index (χ1) is 7.88. The van der Waals surface area contributed by atoms with E-state index in [1.807, 2.05) is 20.8 Å². The van der Waals surface area contributed by atoms with Gasteiger partial charge in [0.05, 0.1) is 5.69 Å². The Morgan fingerprint density at radius 2 is 2.12 bits per heavy atom. The molecule has 1 aliphatic heterocycles. The van der Waals surface area contributed by atoms with Crippen LogP contribution in [-0.4, -0.2) is 18.2 Å². The van der Waals surface area contributed by atoms with Gasteiger partial charge in [-0.2, -0.15) is 0 Å². The minimum absolute atomic E-state index is 0.256. The van der Waals surface area contributed by atoms with E-state index in [0.717, 1.165) is 0 Å². The number of ether oxygens (including phenoxy) is 1. The molecule has 1 aromatic rings. The number of carbonyl (C=O) groups excluding carboxylic acids is 1. The molecule has 0 unspecified atom stereocenters. The van der Waals surface area contributed by atoms with Crippen molar-refractivity contribution in [1.29, 1.82) is 0 Å². The minimum atomic E-state index is -0.535. The van der Waals surface area contributed by atoms with E-state index in [1.165, 1.54) is 11.0 Å². The number of anilines is 1. The van der Waals surface area contributed by atoms with Crippen molar-refractivity contribution in [3.8, 4) is 0 Å². The number of fused-ring (bicyclic) bond motifs is 1. The van der Waals surface area contributed by atoms with Crippen LogP contribution in [-0.2, 0) is 11.2 Å². The highest BCUT2D eigenvalue weighted by Crippen LogP contribution is 2.30. The van der Waals surface area contributed by atoms with Crippen LogP contribution >= 0.6 is 0 Å². The van der Waals surface area contributed by atoms with Gasteiger partial charge in [-0.15, -0.1) is 0 Å². The second-order valence-electron chi connectivity index (χ2n) is 5.12. The van der Waals surface area contributed by atoms with Crippen LogP contribution in [0, 0.1) is 5.82 Å². The van der Waals surface area contributed by atoms with Crippen molar-refractivity contribution in [2.75, 3.05) is 11.4 Å². The zero-order valence-electron chi connectivity index (χ0n) is 10.3. The van der Waals surface area contributed by atoms with Crippen LogP contribution in [0.5, 0.6) is 0 Å². The summed E-state index contributed by atoms with van der Waals surface area (Å²) in [7, 11) is 0. The summed E-state index contributed by atoms with van der Waals surface area (Å²) in [4.78, 5) is 13.4. The standard InChI is InChI=1S/C13H16FNO2/c1-13(2,3)17-12(16)15-8-7-9-10(14)5-4-6-11(9)15/h4-6H,7-8H2,1-3H3. The van der Waals surface area contributed by atoms with Gasteiger partial charge in [-0.3, -0.25) is 4.90 Å². The zero-order valence-corrected chi connectivity index (χ0v) is 10.3. The predicted molar refractivity (Wildman–Crippen MR) is 63.7 cm³/mol. The van der Waals surface area contributed by atoms with Gasteiger partial charge in [0.2, 0.25) is 0 Å². The highest BCUT2D eigenvalue weighted by molar-refractivity contribution is 5.90. The molecule has 17 heavy (non-hydrogen) atoms. The molecule has 1 heterocycles. The van der Waals surface area contributed by atoms with E-state index in [-0.39, 0.29) is 5.82 Å². The number of amides is 1. The minimum Gasteiger partial charge on any atom is -0.443 e. The molecule has 0 aromatic heterocycles. The molecule has 0 saturated carbocycles. The van der Waals surface area contributed by atoms with Crippen molar-refractivity contribution in [3.63, 3.8) is 0 Å². The normalized spacial score (nSPS) is 14.7. The number of carbonyl (C=O) groups is 1. The highest BCUT2D eigenvalue weighted by Gasteiger charge is 2.30. The first-order valence-electron chi connectivity index (χ1n) is 5.66. The lowest BCUT2D eigenvalue weighted by Gasteiger charge is -2.24. The first kappa shape index (κ1) is 11.9. The molecule has 1 aromatic carbocycles. The van der Waals surface area contributed by atoms with Crippen LogP contribution in [0.4, 0.5) is 14.9 Å². The van der Waals surface area contributed by atoms with Crippen LogP contribution in [0.15, 0.2) is 18.2 Å². The Hall–Kier alpha value is -1.58. The largest absolute Gasteiger partial charge is 0.443 e. The zero-order chi connectivity index (χ0) is 12.6. The summed E-state index contributed by atoms with van der Waals surface area (Å²) in [6, 6.07) is 4.77. The second-order valence-corrected chi connectivity index (χ2v) is 5.12. The Morgan fingerprint density at radius 1 is 1.41 bits per heavy atom. The molecule has 1 aliphatic rings. The number of nitrogens with zero attached hydrogens (tertiary/aromatic N) is 1. The van der Waals surface area contributed by atoms with Gasteiger partial charge < -0.3 is 4.74 Å². The lowest BCUT2D eigenvalue weighted by molar-refractivity contribution is 0.0584. The molecule has 0 radical (unpaired) electrons. The number of hydrogen-bond acceptors (Lipinski definition) is 2. The Labute approximate surface area is 100 Å². The van der Waals surface area contributed by atoms with Crippen LogP contribution in [0.2, 0.25) is 0 Å². The lowest BCUT2D eigenvalue weighted by atomic mass is 10.1. The summed E-state index contributed by atoms with van der Waals surface area (Å²) in [6.07, 6.45) is 0.128. The Balaban J connectivity index is 2.23. The molecule has 92 valence electrons. The number of hydrogen-bond donors (Lipinski definition) is 0. The number of benzene rings is 1. The molecule has 0 fully saturated rings. The molecule has 1 amide bonds. The summed E-state index contributed by atoms with van der Waals surface area (Å²) in [5.41, 5.74) is 0.685. The van der Waals surface area contributed by atoms with E-state index in [0.29, 0.717) is 24.2 Å². The third-order valence-electron chi connectivity index (χ3n) is 2.58. The molecule has 3 nitrogen and oxygen atoms in total. The molecule has 0 spiro atoms. The van der Waals surface area contributed by atoms with Crippen molar-refractivity contribution in [2.45, 2.75) is 32.8 Å². The van der Waals surface area contributed by atoms with Crippen LogP contribution in [0.25, 0.3) is 0 Å². The summed E-state index contributed by atoms with van der Waals surface area (Å²) in [5.74, 6) is -0.256. The van der Waals surface area contributed by atoms with Gasteiger partial charge in [-0.25, -0.2) is 9.18 Å². The van der Waals surface area contributed by atoms with Crippen LogP contribution in [0.1, 0.15) is 26.3 Å². The fraction of sp³-hybridized carbons (Fsp3) is 0.462. The third-order valence-corrected chi connectivity index (χ3v) is 2.58. The molecule has 2 rings (SSSR count). The molecule has 0 bridgehead atoms. The fourth-order valence-electron chi connectivity index (χ4n) is 1.90. The number of halogens is 1. The van der Waals surface area contributed by atoms with E-state index in [2.05, 4.69) is 0 Å². The summed E-state index contributed by atoms with van der Waals surface area (Å²) >= 11 is 0. The van der Waals surface area contributed by atoms with Gasteiger partial charge in [0.15, 0.2) is 0 Å². The van der Waals surface area contributed by atoms with E-state index >= 15 is 0 Å². The molecular formula is C13H16FNO2. The molecule has 0 N–H and O–H groups in total. The summed E-state index contributed by atoms with van der Waals surface area (Å²) < 4.78 is 18.8. The molecular weight excluding hydrogens is 221 g/mol. The van der Waals surface area contributed by atoms with Crippen molar-refractivity contribution in [1.82, 2.24) is 0 Å². The predicted octanol–water partition coefficient (Wildman–Crippen LogP) is 3.12. The monoisotopic (exact) mass is 237 g/mol. The fourth-order valence-corrected chi connectivity index (χ4v) is 1.90. The van der Waals surface area contributed by atoms with Crippen molar-refractivity contribution >= 4 is 11.8 Å². The maximum atomic E-state index is 13.5. The van der Waals surface area contributed by atoms with Gasteiger partial charge in [0.25, 0.3) is 0 Å². The lowest BCUT2D eigenvalue weighted by Crippen LogP contribution is -2.35. The smallest absolute Gasteiger partial charge is 0.414 e. The maximum absolute atomic E-state index is 13.5. The topological polar surface area (TPSA) is 29.5 Å². The number of rotatable bonds is 0. The van der Waals surface area contributed by atoms with Gasteiger partial charge in [-0.05, 0) is 39.3 Å². The Morgan fingerprint density at radius 3 is 2.76 bits per heavy atom. The molecule has 0 atom stereocenters. The summed E-state index contributed by atoms with van der Waals surface area (Å²) in [6.45, 7) is 5.92. The van der Waals surface area contributed by atoms with Gasteiger partial charge >= 0.3 is 6.09 Å². The quantitative estimate of drug-likeness (QED) is 0.693.